The fourth-order valence-corrected chi connectivity index (χ4v) is 2.40. The number of carboxylic acid groups (broad SMARTS) is 1. The van der Waals surface area contributed by atoms with Crippen LogP contribution in [0.4, 0.5) is 5.69 Å². The quantitative estimate of drug-likeness (QED) is 0.821. The summed E-state index contributed by atoms with van der Waals surface area (Å²) < 4.78 is 1.91. The first kappa shape index (κ1) is 14.1. The molecule has 0 saturated heterocycles. The Morgan fingerprint density at radius 2 is 2.20 bits per heavy atom. The molecule has 0 bridgehead atoms. The van der Waals surface area contributed by atoms with E-state index >= 15 is 0 Å². The zero-order chi connectivity index (χ0) is 14.7. The highest BCUT2D eigenvalue weighted by molar-refractivity contribution is 5.99. The lowest BCUT2D eigenvalue weighted by Gasteiger charge is -2.22. The Kier molecular flexibility index (Phi) is 4.08. The number of aldehydes is 1. The van der Waals surface area contributed by atoms with Crippen molar-refractivity contribution in [2.45, 2.75) is 13.3 Å². The fourth-order valence-electron chi connectivity index (χ4n) is 2.40. The number of aromatic nitrogens is 1. The lowest BCUT2D eigenvalue weighted by atomic mass is 10.1. The number of hydrogen-bond acceptors (Lipinski definition) is 3. The van der Waals surface area contributed by atoms with Gasteiger partial charge in [-0.3, -0.25) is 9.59 Å². The van der Waals surface area contributed by atoms with Gasteiger partial charge in [0.1, 0.15) is 0 Å². The molecular formula is C15H18N2O3. The van der Waals surface area contributed by atoms with Gasteiger partial charge in [0.2, 0.25) is 0 Å². The number of carboxylic acids is 1. The third kappa shape index (κ3) is 2.66. The van der Waals surface area contributed by atoms with Crippen LogP contribution >= 0.6 is 0 Å². The van der Waals surface area contributed by atoms with Crippen molar-refractivity contribution in [2.75, 3.05) is 18.0 Å². The number of benzene rings is 1. The topological polar surface area (TPSA) is 62.5 Å². The van der Waals surface area contributed by atoms with Crippen molar-refractivity contribution < 1.29 is 14.7 Å². The van der Waals surface area contributed by atoms with Crippen molar-refractivity contribution in [2.24, 2.45) is 7.05 Å². The SMILES string of the molecule is CCN(CCC(=O)O)c1ccc2c(c1)c(C=O)cn2C. The van der Waals surface area contributed by atoms with E-state index in [0.29, 0.717) is 12.1 Å². The van der Waals surface area contributed by atoms with Gasteiger partial charge in [0.05, 0.1) is 6.42 Å². The Balaban J connectivity index is 2.38. The Bertz CT molecular complexity index is 646. The Morgan fingerprint density at radius 1 is 1.45 bits per heavy atom. The molecule has 0 aliphatic carbocycles. The van der Waals surface area contributed by atoms with Gasteiger partial charge in [-0.25, -0.2) is 0 Å². The van der Waals surface area contributed by atoms with E-state index in [-0.39, 0.29) is 6.42 Å². The maximum absolute atomic E-state index is 11.1. The van der Waals surface area contributed by atoms with E-state index in [1.807, 2.05) is 41.6 Å². The van der Waals surface area contributed by atoms with E-state index in [1.54, 1.807) is 6.20 Å². The van der Waals surface area contributed by atoms with Gasteiger partial charge < -0.3 is 14.6 Å². The van der Waals surface area contributed by atoms with Crippen LogP contribution in [0.2, 0.25) is 0 Å². The van der Waals surface area contributed by atoms with Crippen LogP contribution in [0.5, 0.6) is 0 Å². The van der Waals surface area contributed by atoms with Crippen LogP contribution in [0.15, 0.2) is 24.4 Å². The van der Waals surface area contributed by atoms with E-state index in [1.165, 1.54) is 0 Å². The first-order valence-corrected chi connectivity index (χ1v) is 6.57. The minimum absolute atomic E-state index is 0.0984. The highest BCUT2D eigenvalue weighted by atomic mass is 16.4. The Labute approximate surface area is 117 Å². The summed E-state index contributed by atoms with van der Waals surface area (Å²) in [7, 11) is 1.90. The van der Waals surface area contributed by atoms with Crippen molar-refractivity contribution >= 4 is 28.8 Å². The monoisotopic (exact) mass is 274 g/mol. The molecule has 0 amide bonds. The number of anilines is 1. The predicted octanol–water partition coefficient (Wildman–Crippen LogP) is 2.29. The standard InChI is InChI=1S/C15H18N2O3/c1-3-17(7-6-15(19)20)12-4-5-14-13(8-12)11(10-18)9-16(14)2/h4-5,8-10H,3,6-7H2,1-2H3,(H,19,20). The second-order valence-electron chi connectivity index (χ2n) is 4.74. The van der Waals surface area contributed by atoms with Crippen molar-refractivity contribution in [3.63, 3.8) is 0 Å². The molecule has 106 valence electrons. The fraction of sp³-hybridized carbons (Fsp3) is 0.333. The molecule has 0 saturated carbocycles. The first-order chi connectivity index (χ1) is 9.56. The maximum Gasteiger partial charge on any atom is 0.305 e. The minimum Gasteiger partial charge on any atom is -0.481 e. The zero-order valence-electron chi connectivity index (χ0n) is 11.7. The van der Waals surface area contributed by atoms with Crippen molar-refractivity contribution in [3.8, 4) is 0 Å². The van der Waals surface area contributed by atoms with Crippen LogP contribution in [-0.2, 0) is 11.8 Å². The highest BCUT2D eigenvalue weighted by Gasteiger charge is 2.11. The molecule has 0 aliphatic heterocycles. The average molecular weight is 274 g/mol. The van der Waals surface area contributed by atoms with Gasteiger partial charge in [-0.05, 0) is 25.1 Å². The molecule has 20 heavy (non-hydrogen) atoms. The van der Waals surface area contributed by atoms with Crippen LogP contribution in [0.1, 0.15) is 23.7 Å². The molecule has 1 heterocycles. The van der Waals surface area contributed by atoms with E-state index in [2.05, 4.69) is 0 Å². The second-order valence-corrected chi connectivity index (χ2v) is 4.74. The van der Waals surface area contributed by atoms with E-state index in [0.717, 1.165) is 29.4 Å². The predicted molar refractivity (Wildman–Crippen MR) is 78.4 cm³/mol. The summed E-state index contributed by atoms with van der Waals surface area (Å²) in [6.07, 6.45) is 2.75. The molecule has 5 nitrogen and oxygen atoms in total. The molecule has 0 aliphatic rings. The number of aliphatic carboxylic acids is 1. The number of hydrogen-bond donors (Lipinski definition) is 1. The Hall–Kier alpha value is -2.30. The molecule has 1 aromatic carbocycles. The van der Waals surface area contributed by atoms with E-state index < -0.39 is 5.97 Å². The van der Waals surface area contributed by atoms with Crippen LogP contribution in [0.25, 0.3) is 10.9 Å². The molecule has 2 aromatic rings. The largest absolute Gasteiger partial charge is 0.481 e. The van der Waals surface area contributed by atoms with Gasteiger partial charge in [0.25, 0.3) is 0 Å². The molecule has 2 rings (SSSR count). The van der Waals surface area contributed by atoms with Crippen LogP contribution in [0.3, 0.4) is 0 Å². The number of fused-ring (bicyclic) bond motifs is 1. The van der Waals surface area contributed by atoms with Crippen LogP contribution < -0.4 is 4.90 Å². The summed E-state index contributed by atoms with van der Waals surface area (Å²) in [5.41, 5.74) is 2.58. The van der Waals surface area contributed by atoms with Crippen molar-refractivity contribution in [1.82, 2.24) is 4.57 Å². The third-order valence-corrected chi connectivity index (χ3v) is 3.47. The zero-order valence-corrected chi connectivity index (χ0v) is 11.7. The smallest absolute Gasteiger partial charge is 0.305 e. The molecule has 0 spiro atoms. The molecule has 5 heteroatoms. The summed E-state index contributed by atoms with van der Waals surface area (Å²) >= 11 is 0. The van der Waals surface area contributed by atoms with Gasteiger partial charge in [0, 0.05) is 48.5 Å². The van der Waals surface area contributed by atoms with Gasteiger partial charge in [-0.1, -0.05) is 0 Å². The summed E-state index contributed by atoms with van der Waals surface area (Å²) in [6, 6.07) is 5.87. The maximum atomic E-state index is 11.1. The molecule has 0 unspecified atom stereocenters. The second kappa shape index (κ2) is 5.77. The third-order valence-electron chi connectivity index (χ3n) is 3.47. The summed E-state index contributed by atoms with van der Waals surface area (Å²) in [6.45, 7) is 3.17. The Morgan fingerprint density at radius 3 is 2.80 bits per heavy atom. The molecular weight excluding hydrogens is 256 g/mol. The van der Waals surface area contributed by atoms with Gasteiger partial charge in [0.15, 0.2) is 6.29 Å². The van der Waals surface area contributed by atoms with Gasteiger partial charge >= 0.3 is 5.97 Å². The summed E-state index contributed by atoms with van der Waals surface area (Å²) in [5, 5.41) is 9.68. The van der Waals surface area contributed by atoms with Gasteiger partial charge in [-0.15, -0.1) is 0 Å². The van der Waals surface area contributed by atoms with Gasteiger partial charge in [-0.2, -0.15) is 0 Å². The summed E-state index contributed by atoms with van der Waals surface area (Å²) in [4.78, 5) is 23.8. The lowest BCUT2D eigenvalue weighted by molar-refractivity contribution is -0.136. The lowest BCUT2D eigenvalue weighted by Crippen LogP contribution is -2.25. The number of aryl methyl sites for hydroxylation is 1. The van der Waals surface area contributed by atoms with E-state index in [9.17, 15) is 9.59 Å². The van der Waals surface area contributed by atoms with Crippen LogP contribution in [-0.4, -0.2) is 35.0 Å². The van der Waals surface area contributed by atoms with E-state index in [4.69, 9.17) is 5.11 Å². The molecule has 1 aromatic heterocycles. The molecule has 1 N–H and O–H groups in total. The molecule has 0 fully saturated rings. The highest BCUT2D eigenvalue weighted by Crippen LogP contribution is 2.25. The van der Waals surface area contributed by atoms with Crippen molar-refractivity contribution in [3.05, 3.63) is 30.0 Å². The molecule has 0 radical (unpaired) electrons. The minimum atomic E-state index is -0.808. The van der Waals surface area contributed by atoms with Crippen molar-refractivity contribution in [1.29, 1.82) is 0 Å². The number of rotatable bonds is 6. The first-order valence-electron chi connectivity index (χ1n) is 6.57. The van der Waals surface area contributed by atoms with Crippen LogP contribution in [0, 0.1) is 0 Å². The average Bonchev–Trinajstić information content (AvgIpc) is 2.75. The molecule has 0 atom stereocenters. The number of nitrogens with zero attached hydrogens (tertiary/aromatic N) is 2. The summed E-state index contributed by atoms with van der Waals surface area (Å²) in [5.74, 6) is -0.808. The number of carbonyl (C=O) groups excluding carboxylic acids is 1. The normalized spacial score (nSPS) is 10.7. The number of carbonyl (C=O) groups is 2.